The third kappa shape index (κ3) is 4.54. The Hall–Kier alpha value is -2.02. The number of halogens is 3. The Morgan fingerprint density at radius 2 is 1.56 bits per heavy atom. The normalized spacial score (nSPS) is 12.9. The Balaban J connectivity index is 2.37. The maximum Gasteiger partial charge on any atom is 0.416 e. The van der Waals surface area contributed by atoms with Crippen LogP contribution in [0.4, 0.5) is 18.9 Å². The largest absolute Gasteiger partial charge is 0.416 e. The molecule has 0 heterocycles. The van der Waals surface area contributed by atoms with Crippen LogP contribution in [0.5, 0.6) is 0 Å². The minimum Gasteiger partial charge on any atom is -0.279 e. The van der Waals surface area contributed by atoms with Gasteiger partial charge in [0, 0.05) is 0 Å². The van der Waals surface area contributed by atoms with E-state index < -0.39 is 26.7 Å². The number of nitrogens with one attached hydrogen (secondary N) is 1. The zero-order valence-corrected chi connectivity index (χ0v) is 15.2. The second-order valence-corrected chi connectivity index (χ2v) is 8.59. The van der Waals surface area contributed by atoms with E-state index in [1.165, 1.54) is 0 Å². The predicted molar refractivity (Wildman–Crippen MR) is 92.1 cm³/mol. The summed E-state index contributed by atoms with van der Waals surface area (Å²) in [5, 5.41) is 0. The van der Waals surface area contributed by atoms with Gasteiger partial charge < -0.3 is 0 Å². The van der Waals surface area contributed by atoms with Crippen LogP contribution in [0.25, 0.3) is 0 Å². The number of aryl methyl sites for hydroxylation is 1. The van der Waals surface area contributed by atoms with Crippen LogP contribution in [0.1, 0.15) is 37.5 Å². The van der Waals surface area contributed by atoms with Gasteiger partial charge in [-0.3, -0.25) is 4.72 Å². The first-order chi connectivity index (χ1) is 11.3. The van der Waals surface area contributed by atoms with Crippen molar-refractivity contribution >= 4 is 15.7 Å². The topological polar surface area (TPSA) is 46.2 Å². The number of alkyl halides is 3. The molecule has 0 aliphatic heterocycles. The van der Waals surface area contributed by atoms with Crippen LogP contribution in [-0.4, -0.2) is 8.42 Å². The molecule has 3 nitrogen and oxygen atoms in total. The maximum atomic E-state index is 12.8. The highest BCUT2D eigenvalue weighted by atomic mass is 32.2. The zero-order valence-electron chi connectivity index (χ0n) is 14.4. The fourth-order valence-corrected chi connectivity index (χ4v) is 3.46. The third-order valence-corrected chi connectivity index (χ3v) is 5.17. The molecule has 0 spiro atoms. The smallest absolute Gasteiger partial charge is 0.279 e. The molecule has 0 unspecified atom stereocenters. The number of rotatable bonds is 3. The monoisotopic (exact) mass is 371 g/mol. The molecule has 1 N–H and O–H groups in total. The summed E-state index contributed by atoms with van der Waals surface area (Å²) in [6.07, 6.45) is -4.60. The number of benzene rings is 2. The first-order valence-electron chi connectivity index (χ1n) is 7.62. The molecular weight excluding hydrogens is 351 g/mol. The van der Waals surface area contributed by atoms with Crippen molar-refractivity contribution in [3.63, 3.8) is 0 Å². The molecule has 2 aromatic carbocycles. The van der Waals surface area contributed by atoms with Crippen molar-refractivity contribution in [2.24, 2.45) is 0 Å². The molecular formula is C18H20F3NO2S. The Kier molecular flexibility index (Phi) is 4.92. The molecule has 0 atom stereocenters. The third-order valence-electron chi connectivity index (χ3n) is 3.81. The van der Waals surface area contributed by atoms with Gasteiger partial charge in [-0.1, -0.05) is 39.0 Å². The summed E-state index contributed by atoms with van der Waals surface area (Å²) in [5.74, 6) is 0. The van der Waals surface area contributed by atoms with Crippen LogP contribution < -0.4 is 4.72 Å². The summed E-state index contributed by atoms with van der Waals surface area (Å²) in [7, 11) is -4.12. The summed E-state index contributed by atoms with van der Waals surface area (Å²) in [4.78, 5) is -0.429. The maximum absolute atomic E-state index is 12.8. The number of anilines is 1. The van der Waals surface area contributed by atoms with Crippen molar-refractivity contribution in [1.29, 1.82) is 0 Å². The first-order valence-corrected chi connectivity index (χ1v) is 9.10. The lowest BCUT2D eigenvalue weighted by Crippen LogP contribution is -2.16. The second-order valence-electron chi connectivity index (χ2n) is 6.91. The lowest BCUT2D eigenvalue weighted by atomic mass is 9.86. The molecule has 0 saturated carbocycles. The lowest BCUT2D eigenvalue weighted by Gasteiger charge is -2.21. The van der Waals surface area contributed by atoms with Crippen molar-refractivity contribution in [2.75, 3.05) is 4.72 Å². The van der Waals surface area contributed by atoms with E-state index >= 15 is 0 Å². The SMILES string of the molecule is Cc1cc(C(C)(C)C)ccc1NS(=O)(=O)c1cccc(C(F)(F)F)c1. The molecule has 7 heteroatoms. The summed E-state index contributed by atoms with van der Waals surface area (Å²) in [5.41, 5.74) is 0.971. The fourth-order valence-electron chi connectivity index (χ4n) is 2.29. The van der Waals surface area contributed by atoms with Crippen molar-refractivity contribution < 1.29 is 21.6 Å². The van der Waals surface area contributed by atoms with Crippen LogP contribution in [0.15, 0.2) is 47.4 Å². The molecule has 0 saturated heterocycles. The second kappa shape index (κ2) is 6.37. The molecule has 0 aliphatic rings. The molecule has 0 radical (unpaired) electrons. The van der Waals surface area contributed by atoms with E-state index in [1.54, 1.807) is 19.1 Å². The molecule has 0 bridgehead atoms. The van der Waals surface area contributed by atoms with Gasteiger partial charge in [0.2, 0.25) is 0 Å². The predicted octanol–water partition coefficient (Wildman–Crippen LogP) is 5.11. The molecule has 0 aliphatic carbocycles. The minimum atomic E-state index is -4.60. The average Bonchev–Trinajstić information content (AvgIpc) is 2.47. The van der Waals surface area contributed by atoms with E-state index in [0.717, 1.165) is 23.8 Å². The van der Waals surface area contributed by atoms with Crippen LogP contribution in [-0.2, 0) is 21.6 Å². The Morgan fingerprint density at radius 1 is 0.920 bits per heavy atom. The van der Waals surface area contributed by atoms with Crippen molar-refractivity contribution in [1.82, 2.24) is 0 Å². The summed E-state index contributed by atoms with van der Waals surface area (Å²) in [6.45, 7) is 7.86. The summed E-state index contributed by atoms with van der Waals surface area (Å²) >= 11 is 0. The summed E-state index contributed by atoms with van der Waals surface area (Å²) in [6, 6.07) is 8.97. The van der Waals surface area contributed by atoms with Gasteiger partial charge in [-0.2, -0.15) is 13.2 Å². The van der Waals surface area contributed by atoms with Gasteiger partial charge in [-0.05, 0) is 47.7 Å². The Labute approximate surface area is 145 Å². The van der Waals surface area contributed by atoms with Gasteiger partial charge >= 0.3 is 6.18 Å². The van der Waals surface area contributed by atoms with Crippen molar-refractivity contribution in [3.05, 3.63) is 59.2 Å². The lowest BCUT2D eigenvalue weighted by molar-refractivity contribution is -0.137. The van der Waals surface area contributed by atoms with Crippen molar-refractivity contribution in [2.45, 2.75) is 44.2 Å². The molecule has 0 amide bonds. The van der Waals surface area contributed by atoms with Gasteiger partial charge in [-0.15, -0.1) is 0 Å². The fraction of sp³-hybridized carbons (Fsp3) is 0.333. The van der Waals surface area contributed by atoms with Gasteiger partial charge in [0.05, 0.1) is 16.1 Å². The van der Waals surface area contributed by atoms with Crippen LogP contribution in [0.3, 0.4) is 0 Å². The number of hydrogen-bond acceptors (Lipinski definition) is 2. The van der Waals surface area contributed by atoms with E-state index in [0.29, 0.717) is 17.3 Å². The van der Waals surface area contributed by atoms with Crippen LogP contribution >= 0.6 is 0 Å². The van der Waals surface area contributed by atoms with E-state index in [1.807, 2.05) is 26.8 Å². The molecule has 25 heavy (non-hydrogen) atoms. The van der Waals surface area contributed by atoms with Gasteiger partial charge in [-0.25, -0.2) is 8.42 Å². The van der Waals surface area contributed by atoms with E-state index in [-0.39, 0.29) is 5.41 Å². The van der Waals surface area contributed by atoms with E-state index in [4.69, 9.17) is 0 Å². The summed E-state index contributed by atoms with van der Waals surface area (Å²) < 4.78 is 65.6. The highest BCUT2D eigenvalue weighted by Crippen LogP contribution is 2.31. The molecule has 0 fully saturated rings. The Bertz CT molecular complexity index is 882. The quantitative estimate of drug-likeness (QED) is 0.815. The molecule has 136 valence electrons. The zero-order chi connectivity index (χ0) is 19.0. The number of hydrogen-bond donors (Lipinski definition) is 1. The van der Waals surface area contributed by atoms with Crippen LogP contribution in [0.2, 0.25) is 0 Å². The minimum absolute atomic E-state index is 0.0940. The first kappa shape index (κ1) is 19.3. The van der Waals surface area contributed by atoms with Gasteiger partial charge in [0.15, 0.2) is 0 Å². The standard InChI is InChI=1S/C18H20F3NO2S/c1-12-10-13(17(2,3)4)8-9-16(12)22-25(23,24)15-7-5-6-14(11-15)18(19,20)21/h5-11,22H,1-4H3. The average molecular weight is 371 g/mol. The highest BCUT2D eigenvalue weighted by Gasteiger charge is 2.31. The highest BCUT2D eigenvalue weighted by molar-refractivity contribution is 7.92. The Morgan fingerprint density at radius 3 is 2.08 bits per heavy atom. The van der Waals surface area contributed by atoms with Crippen molar-refractivity contribution in [3.8, 4) is 0 Å². The van der Waals surface area contributed by atoms with E-state index in [9.17, 15) is 21.6 Å². The molecule has 0 aromatic heterocycles. The van der Waals surface area contributed by atoms with Gasteiger partial charge in [0.25, 0.3) is 10.0 Å². The van der Waals surface area contributed by atoms with Crippen LogP contribution in [0, 0.1) is 6.92 Å². The van der Waals surface area contributed by atoms with E-state index in [2.05, 4.69) is 4.72 Å². The molecule has 2 aromatic rings. The van der Waals surface area contributed by atoms with Gasteiger partial charge in [0.1, 0.15) is 0 Å². The number of sulfonamides is 1. The molecule has 2 rings (SSSR count).